The number of nitrogens with zero attached hydrogens (tertiary/aromatic N) is 2. The molecule has 0 amide bonds. The lowest BCUT2D eigenvalue weighted by atomic mass is 10.1. The fourth-order valence-electron chi connectivity index (χ4n) is 2.79. The first kappa shape index (κ1) is 19.5. The van der Waals surface area contributed by atoms with Crippen molar-refractivity contribution in [2.45, 2.75) is 19.9 Å². The molecule has 1 atom stereocenters. The molecule has 2 N–H and O–H groups in total. The molecule has 0 radical (unpaired) electrons. The molecular formula is C18H28FN3O3. The summed E-state index contributed by atoms with van der Waals surface area (Å²) in [7, 11) is 1.67. The monoisotopic (exact) mass is 353 g/mol. The van der Waals surface area contributed by atoms with Gasteiger partial charge in [0.25, 0.3) is 0 Å². The minimum absolute atomic E-state index is 0.338. The van der Waals surface area contributed by atoms with Crippen LogP contribution in [0, 0.1) is 11.7 Å². The Hall–Kier alpha value is -1.86. The summed E-state index contributed by atoms with van der Waals surface area (Å²) in [5.74, 6) is 0.352. The standard InChI is InChI=1S/C18H28FN3O3/c1-3-20-18(21-11-14-4-5-17(23)16(19)10-14)22-7-6-15(12-22)13-25-9-8-24-2/h4-5,10,15,23H,3,6-9,11-13H2,1-2H3,(H,20,21). The van der Waals surface area contributed by atoms with E-state index in [1.165, 1.54) is 12.1 Å². The quantitative estimate of drug-likeness (QED) is 0.425. The second-order valence-electron chi connectivity index (χ2n) is 6.12. The van der Waals surface area contributed by atoms with E-state index in [4.69, 9.17) is 9.47 Å². The first-order valence-electron chi connectivity index (χ1n) is 8.71. The number of methoxy groups -OCH3 is 1. The van der Waals surface area contributed by atoms with Crippen LogP contribution >= 0.6 is 0 Å². The van der Waals surface area contributed by atoms with Gasteiger partial charge in [0.2, 0.25) is 0 Å². The Morgan fingerprint density at radius 1 is 1.44 bits per heavy atom. The summed E-state index contributed by atoms with van der Waals surface area (Å²) in [6.45, 7) is 6.94. The van der Waals surface area contributed by atoms with E-state index in [0.717, 1.165) is 44.2 Å². The molecule has 1 heterocycles. The smallest absolute Gasteiger partial charge is 0.194 e. The van der Waals surface area contributed by atoms with Crippen LogP contribution in [0.4, 0.5) is 4.39 Å². The topological polar surface area (TPSA) is 66.3 Å². The van der Waals surface area contributed by atoms with E-state index in [9.17, 15) is 9.50 Å². The van der Waals surface area contributed by atoms with Gasteiger partial charge in [-0.15, -0.1) is 0 Å². The SMILES string of the molecule is CCNC(=NCc1ccc(O)c(F)c1)N1CCC(COCCOC)C1. The van der Waals surface area contributed by atoms with Gasteiger partial charge in [-0.2, -0.15) is 0 Å². The molecule has 0 spiro atoms. The van der Waals surface area contributed by atoms with E-state index in [2.05, 4.69) is 15.2 Å². The average Bonchev–Trinajstić information content (AvgIpc) is 3.07. The van der Waals surface area contributed by atoms with Crippen LogP contribution in [0.3, 0.4) is 0 Å². The van der Waals surface area contributed by atoms with Gasteiger partial charge in [-0.25, -0.2) is 9.38 Å². The molecule has 0 aromatic heterocycles. The zero-order valence-corrected chi connectivity index (χ0v) is 15.0. The van der Waals surface area contributed by atoms with Gasteiger partial charge in [-0.1, -0.05) is 6.07 Å². The molecular weight excluding hydrogens is 325 g/mol. The van der Waals surface area contributed by atoms with Gasteiger partial charge in [-0.05, 0) is 31.0 Å². The van der Waals surface area contributed by atoms with Gasteiger partial charge in [0, 0.05) is 32.7 Å². The van der Waals surface area contributed by atoms with Gasteiger partial charge in [0.05, 0.1) is 26.4 Å². The summed E-state index contributed by atoms with van der Waals surface area (Å²) in [6.07, 6.45) is 1.06. The van der Waals surface area contributed by atoms with Crippen LogP contribution < -0.4 is 5.32 Å². The lowest BCUT2D eigenvalue weighted by Gasteiger charge is -2.21. The molecule has 25 heavy (non-hydrogen) atoms. The number of aromatic hydroxyl groups is 1. The number of hydrogen-bond donors (Lipinski definition) is 2. The molecule has 1 aliphatic rings. The highest BCUT2D eigenvalue weighted by Gasteiger charge is 2.24. The van der Waals surface area contributed by atoms with E-state index in [1.54, 1.807) is 13.2 Å². The van der Waals surface area contributed by atoms with Crippen molar-refractivity contribution in [3.63, 3.8) is 0 Å². The third-order valence-electron chi connectivity index (χ3n) is 4.13. The van der Waals surface area contributed by atoms with Crippen LogP contribution in [0.5, 0.6) is 5.75 Å². The first-order valence-corrected chi connectivity index (χ1v) is 8.71. The van der Waals surface area contributed by atoms with Crippen LogP contribution in [-0.2, 0) is 16.0 Å². The highest BCUT2D eigenvalue weighted by Crippen LogP contribution is 2.18. The van der Waals surface area contributed by atoms with E-state index in [1.807, 2.05) is 6.92 Å². The average molecular weight is 353 g/mol. The zero-order valence-electron chi connectivity index (χ0n) is 15.0. The number of hydrogen-bond acceptors (Lipinski definition) is 4. The van der Waals surface area contributed by atoms with Crippen molar-refractivity contribution < 1.29 is 19.0 Å². The molecule has 1 fully saturated rings. The minimum atomic E-state index is -0.618. The summed E-state index contributed by atoms with van der Waals surface area (Å²) >= 11 is 0. The van der Waals surface area contributed by atoms with Gasteiger partial charge >= 0.3 is 0 Å². The number of aliphatic imine (C=N–C) groups is 1. The third-order valence-corrected chi connectivity index (χ3v) is 4.13. The summed E-state index contributed by atoms with van der Waals surface area (Å²) in [5.41, 5.74) is 0.726. The summed E-state index contributed by atoms with van der Waals surface area (Å²) in [4.78, 5) is 6.82. The molecule has 1 saturated heterocycles. The van der Waals surface area contributed by atoms with Crippen molar-refractivity contribution in [2.24, 2.45) is 10.9 Å². The van der Waals surface area contributed by atoms with Gasteiger partial charge in [0.15, 0.2) is 17.5 Å². The number of rotatable bonds is 8. The maximum Gasteiger partial charge on any atom is 0.194 e. The van der Waals surface area contributed by atoms with Crippen molar-refractivity contribution in [1.82, 2.24) is 10.2 Å². The lowest BCUT2D eigenvalue weighted by molar-refractivity contribution is 0.0536. The van der Waals surface area contributed by atoms with Gasteiger partial charge in [0.1, 0.15) is 0 Å². The summed E-state index contributed by atoms with van der Waals surface area (Å²) < 4.78 is 24.0. The molecule has 140 valence electrons. The van der Waals surface area contributed by atoms with Crippen molar-refractivity contribution in [2.75, 3.05) is 46.6 Å². The minimum Gasteiger partial charge on any atom is -0.505 e. The number of likely N-dealkylation sites (tertiary alicyclic amines) is 1. The van der Waals surface area contributed by atoms with Crippen LogP contribution in [0.2, 0.25) is 0 Å². The lowest BCUT2D eigenvalue weighted by Crippen LogP contribution is -2.40. The third kappa shape index (κ3) is 6.17. The van der Waals surface area contributed by atoms with Gasteiger partial charge in [-0.3, -0.25) is 0 Å². The molecule has 0 aliphatic carbocycles. The highest BCUT2D eigenvalue weighted by atomic mass is 19.1. The van der Waals surface area contributed by atoms with Crippen LogP contribution in [-0.4, -0.2) is 62.5 Å². The van der Waals surface area contributed by atoms with E-state index >= 15 is 0 Å². The number of phenolic OH excluding ortho intramolecular Hbond substituents is 1. The number of nitrogens with one attached hydrogen (secondary N) is 1. The Labute approximate surface area is 148 Å². The second-order valence-corrected chi connectivity index (χ2v) is 6.12. The van der Waals surface area contributed by atoms with Crippen molar-refractivity contribution in [3.05, 3.63) is 29.6 Å². The maximum atomic E-state index is 13.4. The largest absolute Gasteiger partial charge is 0.505 e. The van der Waals surface area contributed by atoms with Crippen LogP contribution in [0.25, 0.3) is 0 Å². The normalized spacial score (nSPS) is 18.0. The van der Waals surface area contributed by atoms with E-state index in [-0.39, 0.29) is 5.75 Å². The predicted octanol–water partition coefficient (Wildman–Crippen LogP) is 1.98. The first-order chi connectivity index (χ1) is 12.1. The Kier molecular flexibility index (Phi) is 7.94. The van der Waals surface area contributed by atoms with Crippen molar-refractivity contribution >= 4 is 5.96 Å². The number of ether oxygens (including phenoxy) is 2. The molecule has 1 aromatic rings. The molecule has 1 unspecified atom stereocenters. The molecule has 0 saturated carbocycles. The van der Waals surface area contributed by atoms with Crippen molar-refractivity contribution in [3.8, 4) is 5.75 Å². The molecule has 2 rings (SSSR count). The van der Waals surface area contributed by atoms with E-state index in [0.29, 0.717) is 25.7 Å². The number of phenols is 1. The Morgan fingerprint density at radius 2 is 2.28 bits per heavy atom. The molecule has 6 nitrogen and oxygen atoms in total. The Bertz CT molecular complexity index is 568. The number of benzene rings is 1. The van der Waals surface area contributed by atoms with Gasteiger partial charge < -0.3 is 24.8 Å². The highest BCUT2D eigenvalue weighted by molar-refractivity contribution is 5.80. The summed E-state index contributed by atoms with van der Waals surface area (Å²) in [6, 6.07) is 4.36. The van der Waals surface area contributed by atoms with E-state index < -0.39 is 5.82 Å². The Morgan fingerprint density at radius 3 is 3.00 bits per heavy atom. The zero-order chi connectivity index (χ0) is 18.1. The molecule has 1 aromatic carbocycles. The van der Waals surface area contributed by atoms with Crippen LogP contribution in [0.15, 0.2) is 23.2 Å². The Balaban J connectivity index is 1.90. The molecule has 1 aliphatic heterocycles. The maximum absolute atomic E-state index is 13.4. The predicted molar refractivity (Wildman–Crippen MR) is 95.3 cm³/mol. The molecule has 7 heteroatoms. The second kappa shape index (κ2) is 10.2. The fraction of sp³-hybridized carbons (Fsp3) is 0.611. The molecule has 0 bridgehead atoms. The summed E-state index contributed by atoms with van der Waals surface area (Å²) in [5, 5.41) is 12.6. The number of halogens is 1. The van der Waals surface area contributed by atoms with Crippen molar-refractivity contribution in [1.29, 1.82) is 0 Å². The fourth-order valence-corrected chi connectivity index (χ4v) is 2.79. The van der Waals surface area contributed by atoms with Crippen LogP contribution in [0.1, 0.15) is 18.9 Å². The number of guanidine groups is 1.